The summed E-state index contributed by atoms with van der Waals surface area (Å²) < 4.78 is 0. The van der Waals surface area contributed by atoms with Gasteiger partial charge in [0.15, 0.2) is 0 Å². The van der Waals surface area contributed by atoms with Gasteiger partial charge in [0.1, 0.15) is 0 Å². The number of carbonyl (C=O) groups is 2. The van der Waals surface area contributed by atoms with Gasteiger partial charge in [0, 0.05) is 25.6 Å². The smallest absolute Gasteiger partial charge is 0.226 e. The molecule has 26 heavy (non-hydrogen) atoms. The van der Waals surface area contributed by atoms with E-state index >= 15 is 0 Å². The van der Waals surface area contributed by atoms with E-state index in [1.165, 1.54) is 6.92 Å². The Morgan fingerprint density at radius 2 is 1.62 bits per heavy atom. The first-order valence-corrected chi connectivity index (χ1v) is 9.28. The van der Waals surface area contributed by atoms with Crippen molar-refractivity contribution in [2.75, 3.05) is 16.8 Å². The molecule has 0 aliphatic rings. The van der Waals surface area contributed by atoms with E-state index in [4.69, 9.17) is 11.6 Å². The fourth-order valence-electron chi connectivity index (χ4n) is 2.98. The molecule has 2 aromatic carbocycles. The minimum atomic E-state index is -0.170. The molecule has 1 N–H and O–H groups in total. The molecule has 0 heterocycles. The van der Waals surface area contributed by atoms with E-state index in [0.29, 0.717) is 17.3 Å². The van der Waals surface area contributed by atoms with Crippen LogP contribution in [0.3, 0.4) is 0 Å². The zero-order chi connectivity index (χ0) is 19.1. The van der Waals surface area contributed by atoms with E-state index < -0.39 is 0 Å². The number of hydrogen-bond donors (Lipinski definition) is 1. The maximum atomic E-state index is 12.3. The van der Waals surface area contributed by atoms with Crippen molar-refractivity contribution in [3.8, 4) is 0 Å². The van der Waals surface area contributed by atoms with Crippen LogP contribution in [0, 0.1) is 0 Å². The third kappa shape index (κ3) is 4.85. The number of benzene rings is 2. The van der Waals surface area contributed by atoms with Gasteiger partial charge in [0.2, 0.25) is 11.8 Å². The first-order valence-electron chi connectivity index (χ1n) is 8.91. The Balaban J connectivity index is 2.16. The molecule has 0 aliphatic heterocycles. The van der Waals surface area contributed by atoms with Crippen LogP contribution in [-0.4, -0.2) is 18.4 Å². The number of anilines is 2. The van der Waals surface area contributed by atoms with Crippen molar-refractivity contribution in [2.24, 2.45) is 0 Å². The number of hydrogen-bond acceptors (Lipinski definition) is 2. The molecule has 0 aromatic heterocycles. The van der Waals surface area contributed by atoms with Gasteiger partial charge in [-0.3, -0.25) is 9.59 Å². The molecule has 0 fully saturated rings. The Morgan fingerprint density at radius 1 is 1.00 bits per heavy atom. The Kier molecular flexibility index (Phi) is 7.22. The monoisotopic (exact) mass is 372 g/mol. The molecule has 5 heteroatoms. The predicted molar refractivity (Wildman–Crippen MR) is 108 cm³/mol. The molecule has 0 unspecified atom stereocenters. The van der Waals surface area contributed by atoms with Crippen LogP contribution < -0.4 is 10.2 Å². The van der Waals surface area contributed by atoms with Gasteiger partial charge >= 0.3 is 0 Å². The highest BCUT2D eigenvalue weighted by atomic mass is 35.5. The SMILES string of the molecule is CCc1cccc(CC)c1N(CCC(=O)Nc1ccccc1Cl)C(C)=O. The van der Waals surface area contributed by atoms with Crippen molar-refractivity contribution < 1.29 is 9.59 Å². The third-order valence-corrected chi connectivity index (χ3v) is 4.65. The summed E-state index contributed by atoms with van der Waals surface area (Å²) in [5.74, 6) is -0.234. The van der Waals surface area contributed by atoms with Crippen molar-refractivity contribution in [3.05, 3.63) is 58.6 Å². The zero-order valence-corrected chi connectivity index (χ0v) is 16.3. The normalized spacial score (nSPS) is 10.5. The molecule has 0 bridgehead atoms. The highest BCUT2D eigenvalue weighted by Crippen LogP contribution is 2.27. The molecule has 2 aromatic rings. The maximum Gasteiger partial charge on any atom is 0.226 e. The molecule has 2 rings (SSSR count). The summed E-state index contributed by atoms with van der Waals surface area (Å²) >= 11 is 6.08. The maximum absolute atomic E-state index is 12.3. The lowest BCUT2D eigenvalue weighted by Crippen LogP contribution is -2.33. The zero-order valence-electron chi connectivity index (χ0n) is 15.5. The number of nitrogens with one attached hydrogen (secondary N) is 1. The van der Waals surface area contributed by atoms with Gasteiger partial charge in [0.25, 0.3) is 0 Å². The fourth-order valence-corrected chi connectivity index (χ4v) is 3.16. The number of carbonyl (C=O) groups excluding carboxylic acids is 2. The number of aryl methyl sites for hydroxylation is 2. The Bertz CT molecular complexity index is 767. The second kappa shape index (κ2) is 9.39. The van der Waals surface area contributed by atoms with Crippen LogP contribution >= 0.6 is 11.6 Å². The summed E-state index contributed by atoms with van der Waals surface area (Å²) in [5.41, 5.74) is 3.75. The average molecular weight is 373 g/mol. The molecule has 0 radical (unpaired) electrons. The van der Waals surface area contributed by atoms with Gasteiger partial charge < -0.3 is 10.2 Å². The molecular weight excluding hydrogens is 348 g/mol. The molecule has 0 saturated heterocycles. The van der Waals surface area contributed by atoms with Gasteiger partial charge in [0.05, 0.1) is 10.7 Å². The van der Waals surface area contributed by atoms with Gasteiger partial charge in [-0.15, -0.1) is 0 Å². The molecule has 0 spiro atoms. The van der Waals surface area contributed by atoms with Crippen molar-refractivity contribution in [2.45, 2.75) is 40.0 Å². The molecule has 0 aliphatic carbocycles. The summed E-state index contributed by atoms with van der Waals surface area (Å²) in [6.45, 7) is 6.01. The highest BCUT2D eigenvalue weighted by Gasteiger charge is 2.19. The lowest BCUT2D eigenvalue weighted by atomic mass is 10.0. The molecule has 4 nitrogen and oxygen atoms in total. The number of nitrogens with zero attached hydrogens (tertiary/aromatic N) is 1. The van der Waals surface area contributed by atoms with Crippen LogP contribution in [0.15, 0.2) is 42.5 Å². The highest BCUT2D eigenvalue weighted by molar-refractivity contribution is 6.33. The fraction of sp³-hybridized carbons (Fsp3) is 0.333. The third-order valence-electron chi connectivity index (χ3n) is 4.33. The van der Waals surface area contributed by atoms with Crippen molar-refractivity contribution in [1.82, 2.24) is 0 Å². The van der Waals surface area contributed by atoms with E-state index in [1.807, 2.05) is 30.3 Å². The van der Waals surface area contributed by atoms with Crippen molar-refractivity contribution >= 4 is 34.8 Å². The summed E-state index contributed by atoms with van der Waals surface area (Å²) in [5, 5.41) is 3.30. The minimum Gasteiger partial charge on any atom is -0.325 e. The van der Waals surface area contributed by atoms with Gasteiger partial charge in [-0.2, -0.15) is 0 Å². The van der Waals surface area contributed by atoms with Crippen molar-refractivity contribution in [3.63, 3.8) is 0 Å². The van der Waals surface area contributed by atoms with E-state index in [2.05, 4.69) is 19.2 Å². The quantitative estimate of drug-likeness (QED) is 0.755. The summed E-state index contributed by atoms with van der Waals surface area (Å²) in [4.78, 5) is 26.3. The van der Waals surface area contributed by atoms with Crippen LogP contribution in [0.1, 0.15) is 38.3 Å². The van der Waals surface area contributed by atoms with Gasteiger partial charge in [-0.1, -0.05) is 55.8 Å². The second-order valence-electron chi connectivity index (χ2n) is 6.08. The molecule has 138 valence electrons. The average Bonchev–Trinajstić information content (AvgIpc) is 2.63. The Labute approximate surface area is 160 Å². The lowest BCUT2D eigenvalue weighted by Gasteiger charge is -2.26. The largest absolute Gasteiger partial charge is 0.325 e. The second-order valence-corrected chi connectivity index (χ2v) is 6.49. The van der Waals surface area contributed by atoms with E-state index in [0.717, 1.165) is 29.7 Å². The van der Waals surface area contributed by atoms with Crippen molar-refractivity contribution in [1.29, 1.82) is 0 Å². The van der Waals surface area contributed by atoms with Crippen LogP contribution in [-0.2, 0) is 22.4 Å². The lowest BCUT2D eigenvalue weighted by molar-refractivity contribution is -0.117. The molecular formula is C21H25ClN2O2. The number of para-hydroxylation sites is 2. The van der Waals surface area contributed by atoms with E-state index in [-0.39, 0.29) is 18.2 Å². The topological polar surface area (TPSA) is 49.4 Å². The first-order chi connectivity index (χ1) is 12.5. The Hall–Kier alpha value is -2.33. The van der Waals surface area contributed by atoms with Crippen LogP contribution in [0.25, 0.3) is 0 Å². The molecule has 0 atom stereocenters. The van der Waals surface area contributed by atoms with E-state index in [9.17, 15) is 9.59 Å². The summed E-state index contributed by atoms with van der Waals surface area (Å²) in [6, 6.07) is 13.2. The van der Waals surface area contributed by atoms with Crippen LogP contribution in [0.5, 0.6) is 0 Å². The van der Waals surface area contributed by atoms with Crippen LogP contribution in [0.2, 0.25) is 5.02 Å². The first kappa shape index (κ1) is 20.0. The van der Waals surface area contributed by atoms with Gasteiger partial charge in [-0.25, -0.2) is 0 Å². The minimum absolute atomic E-state index is 0.0638. The summed E-state index contributed by atoms with van der Waals surface area (Å²) in [7, 11) is 0. The summed E-state index contributed by atoms with van der Waals surface area (Å²) in [6.07, 6.45) is 1.86. The number of amides is 2. The van der Waals surface area contributed by atoms with Gasteiger partial charge in [-0.05, 0) is 36.1 Å². The van der Waals surface area contributed by atoms with E-state index in [1.54, 1.807) is 17.0 Å². The number of rotatable bonds is 7. The molecule has 0 saturated carbocycles. The standard InChI is InChI=1S/C21H25ClN2O2/c1-4-16-9-8-10-17(5-2)21(16)24(15(3)25)14-13-20(26)23-19-12-7-6-11-18(19)22/h6-12H,4-5,13-14H2,1-3H3,(H,23,26). The molecule has 2 amide bonds. The number of halogens is 1. The Morgan fingerprint density at radius 3 is 2.15 bits per heavy atom. The van der Waals surface area contributed by atoms with Crippen LogP contribution in [0.4, 0.5) is 11.4 Å². The predicted octanol–water partition coefficient (Wildman–Crippen LogP) is 4.85.